The van der Waals surface area contributed by atoms with Crippen molar-refractivity contribution < 1.29 is 0 Å². The molecule has 0 spiro atoms. The molecule has 28 heavy (non-hydrogen) atoms. The van der Waals surface area contributed by atoms with Crippen LogP contribution in [0.25, 0.3) is 21.8 Å². The normalized spacial score (nSPS) is 12.4. The first-order chi connectivity index (χ1) is 13.6. The van der Waals surface area contributed by atoms with Crippen LogP contribution in [0.3, 0.4) is 0 Å². The van der Waals surface area contributed by atoms with Gasteiger partial charge in [0.2, 0.25) is 0 Å². The lowest BCUT2D eigenvalue weighted by Gasteiger charge is -2.15. The van der Waals surface area contributed by atoms with E-state index in [1.54, 1.807) is 12.4 Å². The van der Waals surface area contributed by atoms with E-state index in [1.165, 1.54) is 0 Å². The molecule has 0 fully saturated rings. The summed E-state index contributed by atoms with van der Waals surface area (Å²) >= 11 is 12.1. The molecule has 0 radical (unpaired) electrons. The van der Waals surface area contributed by atoms with Crippen molar-refractivity contribution in [1.82, 2.24) is 9.97 Å². The fourth-order valence-corrected chi connectivity index (χ4v) is 3.78. The fraction of sp³-hybridized carbons (Fsp3) is 0.182. The quantitative estimate of drug-likeness (QED) is 0.383. The van der Waals surface area contributed by atoms with Crippen LogP contribution in [0.15, 0.2) is 60.9 Å². The van der Waals surface area contributed by atoms with Gasteiger partial charge in [-0.1, -0.05) is 29.3 Å². The van der Waals surface area contributed by atoms with E-state index in [4.69, 9.17) is 28.9 Å². The lowest BCUT2D eigenvalue weighted by atomic mass is 9.99. The summed E-state index contributed by atoms with van der Waals surface area (Å²) in [5.74, 6) is 0. The van der Waals surface area contributed by atoms with Gasteiger partial charge in [0.25, 0.3) is 0 Å². The molecule has 0 saturated heterocycles. The van der Waals surface area contributed by atoms with E-state index >= 15 is 0 Å². The lowest BCUT2D eigenvalue weighted by Crippen LogP contribution is -2.13. The molecule has 1 atom stereocenters. The van der Waals surface area contributed by atoms with E-state index in [1.807, 2.05) is 48.5 Å². The number of nitrogens with one attached hydrogen (secondary N) is 1. The Kier molecular flexibility index (Phi) is 5.62. The minimum absolute atomic E-state index is 0.0542. The molecule has 4 aromatic rings. The summed E-state index contributed by atoms with van der Waals surface area (Å²) in [5, 5.41) is 6.98. The molecule has 0 aliphatic carbocycles. The average Bonchev–Trinajstić information content (AvgIpc) is 2.70. The molecule has 0 saturated carbocycles. The lowest BCUT2D eigenvalue weighted by molar-refractivity contribution is 0.629. The number of pyridine rings is 2. The second-order valence-corrected chi connectivity index (χ2v) is 7.63. The first kappa shape index (κ1) is 18.9. The number of anilines is 1. The molecule has 6 heteroatoms. The van der Waals surface area contributed by atoms with Crippen molar-refractivity contribution in [3.8, 4) is 0 Å². The van der Waals surface area contributed by atoms with Gasteiger partial charge in [0.1, 0.15) is 0 Å². The first-order valence-corrected chi connectivity index (χ1v) is 9.95. The Bertz CT molecular complexity index is 1130. The van der Waals surface area contributed by atoms with Gasteiger partial charge in [-0.15, -0.1) is 0 Å². The van der Waals surface area contributed by atoms with Crippen LogP contribution >= 0.6 is 23.2 Å². The van der Waals surface area contributed by atoms with Crippen molar-refractivity contribution in [2.75, 3.05) is 11.9 Å². The van der Waals surface area contributed by atoms with Gasteiger partial charge in [-0.2, -0.15) is 0 Å². The molecule has 2 aromatic heterocycles. The van der Waals surface area contributed by atoms with Crippen LogP contribution in [-0.2, 0) is 0 Å². The predicted molar refractivity (Wildman–Crippen MR) is 118 cm³/mol. The number of hydrogen-bond acceptors (Lipinski definition) is 4. The van der Waals surface area contributed by atoms with Crippen molar-refractivity contribution in [3.05, 3.63) is 76.5 Å². The average molecular weight is 411 g/mol. The molecule has 1 unspecified atom stereocenters. The number of benzene rings is 2. The van der Waals surface area contributed by atoms with Crippen LogP contribution in [0.5, 0.6) is 0 Å². The van der Waals surface area contributed by atoms with E-state index in [-0.39, 0.29) is 6.04 Å². The zero-order valence-electron chi connectivity index (χ0n) is 15.2. The summed E-state index contributed by atoms with van der Waals surface area (Å²) in [6.07, 6.45) is 5.39. The van der Waals surface area contributed by atoms with Crippen molar-refractivity contribution in [1.29, 1.82) is 0 Å². The largest absolute Gasteiger partial charge is 0.384 e. The van der Waals surface area contributed by atoms with Crippen LogP contribution < -0.4 is 11.1 Å². The Labute approximate surface area is 173 Å². The summed E-state index contributed by atoms with van der Waals surface area (Å²) in [6, 6.07) is 15.4. The SMILES string of the molecule is NC(CCCNc1ccnc2cc(Cl)ccc12)c1ccnc2cc(Cl)ccc12. The number of hydrogen-bond donors (Lipinski definition) is 2. The molecule has 0 bridgehead atoms. The van der Waals surface area contributed by atoms with Crippen LogP contribution in [0.2, 0.25) is 10.0 Å². The van der Waals surface area contributed by atoms with E-state index < -0.39 is 0 Å². The Hall–Kier alpha value is -2.40. The maximum absolute atomic E-state index is 6.47. The molecule has 2 aromatic carbocycles. The highest BCUT2D eigenvalue weighted by atomic mass is 35.5. The summed E-state index contributed by atoms with van der Waals surface area (Å²) < 4.78 is 0. The highest BCUT2D eigenvalue weighted by molar-refractivity contribution is 6.31. The highest BCUT2D eigenvalue weighted by Gasteiger charge is 2.11. The molecule has 4 rings (SSSR count). The van der Waals surface area contributed by atoms with Gasteiger partial charge < -0.3 is 11.1 Å². The molecular formula is C22H20Cl2N4. The number of nitrogens with two attached hydrogens (primary N) is 1. The first-order valence-electron chi connectivity index (χ1n) is 9.20. The van der Waals surface area contributed by atoms with Crippen LogP contribution in [0.4, 0.5) is 5.69 Å². The topological polar surface area (TPSA) is 63.8 Å². The smallest absolute Gasteiger partial charge is 0.0737 e. The van der Waals surface area contributed by atoms with Crippen LogP contribution in [-0.4, -0.2) is 16.5 Å². The van der Waals surface area contributed by atoms with Crippen molar-refractivity contribution >= 4 is 50.7 Å². The van der Waals surface area contributed by atoms with Gasteiger partial charge in [-0.25, -0.2) is 0 Å². The van der Waals surface area contributed by atoms with Crippen molar-refractivity contribution in [2.45, 2.75) is 18.9 Å². The van der Waals surface area contributed by atoms with E-state index in [2.05, 4.69) is 15.3 Å². The summed E-state index contributed by atoms with van der Waals surface area (Å²) in [7, 11) is 0. The molecule has 3 N–H and O–H groups in total. The zero-order valence-corrected chi connectivity index (χ0v) is 16.7. The summed E-state index contributed by atoms with van der Waals surface area (Å²) in [6.45, 7) is 0.824. The molecule has 4 nitrogen and oxygen atoms in total. The maximum atomic E-state index is 6.47. The standard InChI is InChI=1S/C22H20Cl2N4/c23-14-3-5-17-16(7-10-27-21(17)12-14)19(25)2-1-9-26-20-8-11-28-22-13-15(24)4-6-18(20)22/h3-8,10-13,19H,1-2,9,25H2,(H,26,28). The van der Waals surface area contributed by atoms with Gasteiger partial charge >= 0.3 is 0 Å². The minimum atomic E-state index is -0.0542. The zero-order chi connectivity index (χ0) is 19.5. The van der Waals surface area contributed by atoms with Crippen molar-refractivity contribution in [3.63, 3.8) is 0 Å². The second-order valence-electron chi connectivity index (χ2n) is 6.76. The summed E-state index contributed by atoms with van der Waals surface area (Å²) in [5.41, 5.74) is 10.4. The molecule has 0 aliphatic rings. The third kappa shape index (κ3) is 4.04. The molecule has 142 valence electrons. The third-order valence-electron chi connectivity index (χ3n) is 4.85. The van der Waals surface area contributed by atoms with E-state index in [9.17, 15) is 0 Å². The number of halogens is 2. The summed E-state index contributed by atoms with van der Waals surface area (Å²) in [4.78, 5) is 8.76. The Balaban J connectivity index is 1.41. The maximum Gasteiger partial charge on any atom is 0.0737 e. The van der Waals surface area contributed by atoms with Gasteiger partial charge in [0.15, 0.2) is 0 Å². The number of aromatic nitrogens is 2. The Morgan fingerprint density at radius 1 is 0.857 bits per heavy atom. The van der Waals surface area contributed by atoms with E-state index in [0.29, 0.717) is 10.0 Å². The Morgan fingerprint density at radius 2 is 1.50 bits per heavy atom. The second kappa shape index (κ2) is 8.31. The molecule has 2 heterocycles. The van der Waals surface area contributed by atoms with Gasteiger partial charge in [0.05, 0.1) is 11.0 Å². The van der Waals surface area contributed by atoms with Gasteiger partial charge in [-0.05, 0) is 60.9 Å². The van der Waals surface area contributed by atoms with Crippen molar-refractivity contribution in [2.24, 2.45) is 5.73 Å². The van der Waals surface area contributed by atoms with Crippen LogP contribution in [0, 0.1) is 0 Å². The molecule has 0 aliphatic heterocycles. The molecular weight excluding hydrogens is 391 g/mol. The Morgan fingerprint density at radius 3 is 2.25 bits per heavy atom. The minimum Gasteiger partial charge on any atom is -0.384 e. The van der Waals surface area contributed by atoms with Gasteiger partial charge in [0, 0.05) is 51.5 Å². The predicted octanol–water partition coefficient (Wildman–Crippen LogP) is 5.98. The highest BCUT2D eigenvalue weighted by Crippen LogP contribution is 2.27. The molecule has 0 amide bonds. The number of fused-ring (bicyclic) bond motifs is 2. The van der Waals surface area contributed by atoms with Crippen LogP contribution in [0.1, 0.15) is 24.4 Å². The third-order valence-corrected chi connectivity index (χ3v) is 5.32. The fourth-order valence-electron chi connectivity index (χ4n) is 3.44. The number of nitrogens with zero attached hydrogens (tertiary/aromatic N) is 2. The van der Waals surface area contributed by atoms with E-state index in [0.717, 1.165) is 52.4 Å². The number of rotatable bonds is 6. The monoisotopic (exact) mass is 410 g/mol. The van der Waals surface area contributed by atoms with Gasteiger partial charge in [-0.3, -0.25) is 9.97 Å².